The Kier molecular flexibility index (Phi) is 2.90. The predicted octanol–water partition coefficient (Wildman–Crippen LogP) is 3.19. The van der Waals surface area contributed by atoms with Crippen LogP contribution in [0.3, 0.4) is 0 Å². The van der Waals surface area contributed by atoms with E-state index in [0.717, 1.165) is 6.42 Å². The zero-order chi connectivity index (χ0) is 9.14. The number of halogens is 1. The van der Waals surface area contributed by atoms with E-state index in [2.05, 4.69) is 13.8 Å². The summed E-state index contributed by atoms with van der Waals surface area (Å²) in [5, 5.41) is 0. The lowest BCUT2D eigenvalue weighted by atomic mass is 9.93. The van der Waals surface area contributed by atoms with Crippen LogP contribution in [0.25, 0.3) is 0 Å². The SMILES string of the molecule is COC1=C(C(C)C)CCC(F)=C1. The molecule has 68 valence electrons. The second-order valence-electron chi connectivity index (χ2n) is 3.34. The first kappa shape index (κ1) is 9.30. The van der Waals surface area contributed by atoms with E-state index < -0.39 is 0 Å². The summed E-state index contributed by atoms with van der Waals surface area (Å²) in [5.41, 5.74) is 1.22. The van der Waals surface area contributed by atoms with Gasteiger partial charge in [0.05, 0.1) is 7.11 Å². The normalized spacial score (nSPS) is 18.2. The number of ether oxygens (including phenoxy) is 1. The largest absolute Gasteiger partial charge is 0.497 e. The Morgan fingerprint density at radius 1 is 1.42 bits per heavy atom. The molecular formula is C10H15FO. The standard InChI is InChI=1S/C10H15FO/c1-7(2)9-5-4-8(11)6-10(9)12-3/h6-7H,4-5H2,1-3H3. The van der Waals surface area contributed by atoms with E-state index in [1.807, 2.05) is 0 Å². The van der Waals surface area contributed by atoms with Gasteiger partial charge in [-0.2, -0.15) is 0 Å². The highest BCUT2D eigenvalue weighted by Crippen LogP contribution is 2.29. The molecule has 0 saturated carbocycles. The van der Waals surface area contributed by atoms with Gasteiger partial charge in [0.1, 0.15) is 11.6 Å². The molecule has 0 heterocycles. The molecule has 2 heteroatoms. The van der Waals surface area contributed by atoms with Crippen LogP contribution in [0.15, 0.2) is 23.2 Å². The Morgan fingerprint density at radius 3 is 2.58 bits per heavy atom. The third kappa shape index (κ3) is 1.87. The predicted molar refractivity (Wildman–Crippen MR) is 47.3 cm³/mol. The minimum Gasteiger partial charge on any atom is -0.497 e. The summed E-state index contributed by atoms with van der Waals surface area (Å²) < 4.78 is 17.9. The van der Waals surface area contributed by atoms with Crippen LogP contribution in [-0.2, 0) is 4.74 Å². The van der Waals surface area contributed by atoms with E-state index >= 15 is 0 Å². The summed E-state index contributed by atoms with van der Waals surface area (Å²) in [6, 6.07) is 0. The molecule has 0 aliphatic heterocycles. The molecule has 0 radical (unpaired) electrons. The molecule has 0 N–H and O–H groups in total. The van der Waals surface area contributed by atoms with Crippen molar-refractivity contribution >= 4 is 0 Å². The Labute approximate surface area is 72.9 Å². The van der Waals surface area contributed by atoms with Crippen LogP contribution in [0.1, 0.15) is 26.7 Å². The van der Waals surface area contributed by atoms with Crippen molar-refractivity contribution < 1.29 is 9.13 Å². The Morgan fingerprint density at radius 2 is 2.08 bits per heavy atom. The average Bonchev–Trinajstić information content (AvgIpc) is 2.03. The number of methoxy groups -OCH3 is 1. The van der Waals surface area contributed by atoms with Gasteiger partial charge in [0.25, 0.3) is 0 Å². The highest BCUT2D eigenvalue weighted by atomic mass is 19.1. The quantitative estimate of drug-likeness (QED) is 0.618. The number of rotatable bonds is 2. The van der Waals surface area contributed by atoms with Crippen molar-refractivity contribution in [3.05, 3.63) is 23.2 Å². The molecule has 1 rings (SSSR count). The van der Waals surface area contributed by atoms with Crippen LogP contribution in [0, 0.1) is 5.92 Å². The van der Waals surface area contributed by atoms with E-state index in [-0.39, 0.29) is 5.83 Å². The maximum Gasteiger partial charge on any atom is 0.120 e. The van der Waals surface area contributed by atoms with Gasteiger partial charge in [-0.05, 0) is 17.9 Å². The third-order valence-corrected chi connectivity index (χ3v) is 2.15. The van der Waals surface area contributed by atoms with Crippen LogP contribution in [0.4, 0.5) is 4.39 Å². The fourth-order valence-corrected chi connectivity index (χ4v) is 1.45. The van der Waals surface area contributed by atoms with Gasteiger partial charge < -0.3 is 4.74 Å². The maximum absolute atomic E-state index is 12.8. The molecule has 0 atom stereocenters. The van der Waals surface area contributed by atoms with Gasteiger partial charge in [-0.15, -0.1) is 0 Å². The highest BCUT2D eigenvalue weighted by Gasteiger charge is 2.16. The highest BCUT2D eigenvalue weighted by molar-refractivity contribution is 5.28. The second-order valence-corrected chi connectivity index (χ2v) is 3.34. The topological polar surface area (TPSA) is 9.23 Å². The molecule has 0 aromatic rings. The van der Waals surface area contributed by atoms with Crippen LogP contribution < -0.4 is 0 Å². The average molecular weight is 170 g/mol. The summed E-state index contributed by atoms with van der Waals surface area (Å²) >= 11 is 0. The molecule has 0 bridgehead atoms. The van der Waals surface area contributed by atoms with Crippen molar-refractivity contribution in [2.75, 3.05) is 7.11 Å². The van der Waals surface area contributed by atoms with Gasteiger partial charge in [0.15, 0.2) is 0 Å². The van der Waals surface area contributed by atoms with Crippen LogP contribution >= 0.6 is 0 Å². The summed E-state index contributed by atoms with van der Waals surface area (Å²) in [4.78, 5) is 0. The molecule has 0 amide bonds. The lowest BCUT2D eigenvalue weighted by Gasteiger charge is -2.18. The molecule has 0 aromatic heterocycles. The molecule has 0 spiro atoms. The van der Waals surface area contributed by atoms with Crippen molar-refractivity contribution in [2.45, 2.75) is 26.7 Å². The van der Waals surface area contributed by atoms with Crippen molar-refractivity contribution in [3.63, 3.8) is 0 Å². The maximum atomic E-state index is 12.8. The molecule has 12 heavy (non-hydrogen) atoms. The Balaban J connectivity index is 2.91. The molecule has 0 unspecified atom stereocenters. The van der Waals surface area contributed by atoms with Gasteiger partial charge in [-0.1, -0.05) is 13.8 Å². The lowest BCUT2D eigenvalue weighted by molar-refractivity contribution is 0.290. The Hall–Kier alpha value is -0.790. The van der Waals surface area contributed by atoms with Gasteiger partial charge in [-0.25, -0.2) is 4.39 Å². The molecule has 0 saturated heterocycles. The first-order valence-electron chi connectivity index (χ1n) is 4.28. The molecule has 0 fully saturated rings. The van der Waals surface area contributed by atoms with E-state index in [4.69, 9.17) is 4.74 Å². The van der Waals surface area contributed by atoms with Crippen molar-refractivity contribution in [3.8, 4) is 0 Å². The molecule has 0 aromatic carbocycles. The van der Waals surface area contributed by atoms with E-state index in [0.29, 0.717) is 18.1 Å². The minimum absolute atomic E-state index is 0.0729. The number of hydrogen-bond donors (Lipinski definition) is 0. The second kappa shape index (κ2) is 3.74. The van der Waals surface area contributed by atoms with E-state index in [1.165, 1.54) is 11.6 Å². The van der Waals surface area contributed by atoms with Crippen molar-refractivity contribution in [1.29, 1.82) is 0 Å². The first-order valence-corrected chi connectivity index (χ1v) is 4.28. The van der Waals surface area contributed by atoms with Crippen LogP contribution in [0.2, 0.25) is 0 Å². The van der Waals surface area contributed by atoms with Gasteiger partial charge >= 0.3 is 0 Å². The fraction of sp³-hybridized carbons (Fsp3) is 0.600. The molecule has 1 aliphatic carbocycles. The molecular weight excluding hydrogens is 155 g/mol. The molecule has 1 aliphatic rings. The zero-order valence-electron chi connectivity index (χ0n) is 7.86. The summed E-state index contributed by atoms with van der Waals surface area (Å²) in [6.45, 7) is 4.21. The zero-order valence-corrected chi connectivity index (χ0v) is 7.86. The summed E-state index contributed by atoms with van der Waals surface area (Å²) in [6.07, 6.45) is 2.82. The molecule has 1 nitrogen and oxygen atoms in total. The Bertz CT molecular complexity index is 226. The van der Waals surface area contributed by atoms with Crippen molar-refractivity contribution in [2.24, 2.45) is 5.92 Å². The number of hydrogen-bond acceptors (Lipinski definition) is 1. The van der Waals surface area contributed by atoms with Crippen LogP contribution in [-0.4, -0.2) is 7.11 Å². The third-order valence-electron chi connectivity index (χ3n) is 2.15. The fourth-order valence-electron chi connectivity index (χ4n) is 1.45. The van der Waals surface area contributed by atoms with E-state index in [1.54, 1.807) is 7.11 Å². The van der Waals surface area contributed by atoms with Crippen LogP contribution in [0.5, 0.6) is 0 Å². The smallest absolute Gasteiger partial charge is 0.120 e. The number of allylic oxidation sites excluding steroid dienone is 3. The van der Waals surface area contributed by atoms with E-state index in [9.17, 15) is 4.39 Å². The first-order chi connectivity index (χ1) is 5.65. The van der Waals surface area contributed by atoms with Gasteiger partial charge in [0, 0.05) is 12.5 Å². The summed E-state index contributed by atoms with van der Waals surface area (Å²) in [7, 11) is 1.59. The summed E-state index contributed by atoms with van der Waals surface area (Å²) in [5.74, 6) is 1.09. The van der Waals surface area contributed by atoms with Crippen molar-refractivity contribution in [1.82, 2.24) is 0 Å². The minimum atomic E-state index is -0.0729. The van der Waals surface area contributed by atoms with Gasteiger partial charge in [-0.3, -0.25) is 0 Å². The van der Waals surface area contributed by atoms with Gasteiger partial charge in [0.2, 0.25) is 0 Å². The monoisotopic (exact) mass is 170 g/mol. The lowest BCUT2D eigenvalue weighted by Crippen LogP contribution is -2.04.